The van der Waals surface area contributed by atoms with Gasteiger partial charge in [0, 0.05) is 0 Å². The Balaban J connectivity index is 2.01. The van der Waals surface area contributed by atoms with Gasteiger partial charge in [-0.05, 0) is 0 Å². The highest BCUT2D eigenvalue weighted by atomic mass is 32.2. The zero-order valence-corrected chi connectivity index (χ0v) is 9.12. The Morgan fingerprint density at radius 1 is 1.50 bits per heavy atom. The van der Waals surface area contributed by atoms with Crippen LogP contribution >= 0.6 is 11.8 Å². The Morgan fingerprint density at radius 3 is 3.06 bits per heavy atom. The number of anilines is 1. The number of rotatable bonds is 3. The van der Waals surface area contributed by atoms with Crippen molar-refractivity contribution in [2.75, 3.05) is 18.6 Å². The van der Waals surface area contributed by atoms with E-state index in [0.717, 1.165) is 23.6 Å². The van der Waals surface area contributed by atoms with Crippen LogP contribution in [-0.2, 0) is 4.74 Å². The summed E-state index contributed by atoms with van der Waals surface area (Å²) >= 11 is 1.66. The Kier molecular flexibility index (Phi) is 2.39. The standard InChI is InChI=1S/C8H10N6OS/c9-13-8-11-6-5(1-10-14-6)7(12-8)16-4-2-15-3-4/h1,4H,2-3,9H2,(H2,10,11,12,13,14). The number of nitrogens with one attached hydrogen (secondary N) is 2. The van der Waals surface area contributed by atoms with E-state index in [1.807, 2.05) is 0 Å². The number of hydrazine groups is 1. The number of H-pyrrole nitrogens is 1. The summed E-state index contributed by atoms with van der Waals surface area (Å²) in [5.41, 5.74) is 3.13. The maximum absolute atomic E-state index is 5.31. The minimum atomic E-state index is 0.388. The van der Waals surface area contributed by atoms with Gasteiger partial charge in [0.05, 0.1) is 30.0 Å². The molecule has 0 saturated carbocycles. The van der Waals surface area contributed by atoms with Crippen LogP contribution in [0, 0.1) is 0 Å². The molecule has 4 N–H and O–H groups in total. The maximum Gasteiger partial charge on any atom is 0.240 e. The summed E-state index contributed by atoms with van der Waals surface area (Å²) in [7, 11) is 0. The lowest BCUT2D eigenvalue weighted by atomic mass is 10.4. The number of hydrogen-bond donors (Lipinski definition) is 3. The van der Waals surface area contributed by atoms with E-state index < -0.39 is 0 Å². The van der Waals surface area contributed by atoms with Crippen LogP contribution in [0.3, 0.4) is 0 Å². The van der Waals surface area contributed by atoms with Crippen LogP contribution in [0.25, 0.3) is 11.0 Å². The monoisotopic (exact) mass is 238 g/mol. The second kappa shape index (κ2) is 3.89. The first-order chi connectivity index (χ1) is 7.86. The quantitative estimate of drug-likeness (QED) is 0.397. The van der Waals surface area contributed by atoms with Crippen LogP contribution in [0.2, 0.25) is 0 Å². The second-order valence-corrected chi connectivity index (χ2v) is 4.70. The SMILES string of the molecule is NNc1nc(SC2COC2)c2cn[nH]c2n1. The number of hydrogen-bond acceptors (Lipinski definition) is 7. The summed E-state index contributed by atoms with van der Waals surface area (Å²) in [5, 5.41) is 9.00. The van der Waals surface area contributed by atoms with Crippen molar-refractivity contribution in [3.05, 3.63) is 6.20 Å². The van der Waals surface area contributed by atoms with Crippen molar-refractivity contribution in [1.29, 1.82) is 0 Å². The summed E-state index contributed by atoms with van der Waals surface area (Å²) in [6.45, 7) is 1.53. The smallest absolute Gasteiger partial charge is 0.240 e. The van der Waals surface area contributed by atoms with Crippen LogP contribution < -0.4 is 11.3 Å². The Bertz CT molecular complexity index is 510. The molecule has 84 valence electrons. The van der Waals surface area contributed by atoms with E-state index in [2.05, 4.69) is 25.6 Å². The molecule has 0 unspecified atom stereocenters. The molecule has 3 rings (SSSR count). The normalized spacial score (nSPS) is 16.3. The van der Waals surface area contributed by atoms with Gasteiger partial charge in [-0.2, -0.15) is 10.1 Å². The Labute approximate surface area is 95.1 Å². The fourth-order valence-electron chi connectivity index (χ4n) is 1.40. The average Bonchev–Trinajstić information content (AvgIpc) is 2.70. The van der Waals surface area contributed by atoms with Crippen molar-refractivity contribution in [2.24, 2.45) is 5.84 Å². The van der Waals surface area contributed by atoms with Crippen molar-refractivity contribution in [3.63, 3.8) is 0 Å². The minimum absolute atomic E-state index is 0.388. The van der Waals surface area contributed by atoms with Crippen molar-refractivity contribution < 1.29 is 4.74 Å². The average molecular weight is 238 g/mol. The van der Waals surface area contributed by atoms with Crippen molar-refractivity contribution in [1.82, 2.24) is 20.2 Å². The van der Waals surface area contributed by atoms with E-state index in [4.69, 9.17) is 10.6 Å². The summed E-state index contributed by atoms with van der Waals surface area (Å²) < 4.78 is 5.13. The predicted octanol–water partition coefficient (Wildman–Crippen LogP) is 0.129. The third-order valence-corrected chi connectivity index (χ3v) is 3.43. The molecule has 2 aromatic heterocycles. The summed E-state index contributed by atoms with van der Waals surface area (Å²) in [6.07, 6.45) is 1.72. The molecule has 0 aliphatic carbocycles. The molecule has 2 aromatic rings. The lowest BCUT2D eigenvalue weighted by Crippen LogP contribution is -2.30. The highest BCUT2D eigenvalue weighted by Crippen LogP contribution is 2.31. The zero-order chi connectivity index (χ0) is 11.0. The van der Waals surface area contributed by atoms with Crippen molar-refractivity contribution >= 4 is 28.7 Å². The Morgan fingerprint density at radius 2 is 2.38 bits per heavy atom. The van der Waals surface area contributed by atoms with Crippen molar-refractivity contribution in [2.45, 2.75) is 10.3 Å². The van der Waals surface area contributed by atoms with Gasteiger partial charge in [0.1, 0.15) is 5.03 Å². The minimum Gasteiger partial charge on any atom is -0.379 e. The first-order valence-corrected chi connectivity index (χ1v) is 5.67. The fourth-order valence-corrected chi connectivity index (χ4v) is 2.46. The number of thioether (sulfide) groups is 1. The van der Waals surface area contributed by atoms with Gasteiger partial charge in [-0.15, -0.1) is 0 Å². The number of nitrogen functional groups attached to an aromatic ring is 1. The lowest BCUT2D eigenvalue weighted by Gasteiger charge is -2.24. The van der Waals surface area contributed by atoms with E-state index >= 15 is 0 Å². The van der Waals surface area contributed by atoms with Gasteiger partial charge < -0.3 is 4.74 Å². The number of aromatic nitrogens is 4. The molecule has 8 heteroatoms. The molecular formula is C8H10N6OS. The largest absolute Gasteiger partial charge is 0.379 e. The molecule has 1 aliphatic rings. The van der Waals surface area contributed by atoms with Gasteiger partial charge in [-0.3, -0.25) is 10.5 Å². The highest BCUT2D eigenvalue weighted by molar-refractivity contribution is 8.00. The van der Waals surface area contributed by atoms with Gasteiger partial charge in [0.25, 0.3) is 0 Å². The summed E-state index contributed by atoms with van der Waals surface area (Å²) in [4.78, 5) is 8.47. The molecule has 0 amide bonds. The molecule has 0 aromatic carbocycles. The van der Waals surface area contributed by atoms with Crippen LogP contribution in [0.15, 0.2) is 11.2 Å². The predicted molar refractivity (Wildman–Crippen MR) is 60.0 cm³/mol. The third-order valence-electron chi connectivity index (χ3n) is 2.29. The van der Waals surface area contributed by atoms with Gasteiger partial charge in [0.2, 0.25) is 5.95 Å². The molecular weight excluding hydrogens is 228 g/mol. The molecule has 0 atom stereocenters. The lowest BCUT2D eigenvalue weighted by molar-refractivity contribution is 0.0455. The van der Waals surface area contributed by atoms with Crippen LogP contribution in [0.1, 0.15) is 0 Å². The van der Waals surface area contributed by atoms with Gasteiger partial charge in [-0.1, -0.05) is 11.8 Å². The molecule has 1 aliphatic heterocycles. The zero-order valence-electron chi connectivity index (χ0n) is 8.30. The van der Waals surface area contributed by atoms with Gasteiger partial charge in [0.15, 0.2) is 5.65 Å². The molecule has 0 radical (unpaired) electrons. The van der Waals surface area contributed by atoms with E-state index in [0.29, 0.717) is 16.8 Å². The number of nitrogens with zero attached hydrogens (tertiary/aromatic N) is 3. The number of nitrogens with two attached hydrogens (primary N) is 1. The maximum atomic E-state index is 5.31. The van der Waals surface area contributed by atoms with E-state index in [9.17, 15) is 0 Å². The highest BCUT2D eigenvalue weighted by Gasteiger charge is 2.22. The van der Waals surface area contributed by atoms with E-state index in [1.165, 1.54) is 0 Å². The molecule has 1 fully saturated rings. The Hall–Kier alpha value is -1.38. The van der Waals surface area contributed by atoms with Gasteiger partial charge in [-0.25, -0.2) is 10.8 Å². The third kappa shape index (κ3) is 1.60. The number of ether oxygens (including phenoxy) is 1. The molecule has 0 spiro atoms. The summed E-state index contributed by atoms with van der Waals surface area (Å²) in [5.74, 6) is 5.70. The van der Waals surface area contributed by atoms with Crippen LogP contribution in [-0.4, -0.2) is 38.6 Å². The molecule has 7 nitrogen and oxygen atoms in total. The van der Waals surface area contributed by atoms with Crippen molar-refractivity contribution in [3.8, 4) is 0 Å². The fraction of sp³-hybridized carbons (Fsp3) is 0.375. The first kappa shape index (κ1) is 9.82. The summed E-state index contributed by atoms with van der Waals surface area (Å²) in [6, 6.07) is 0. The molecule has 3 heterocycles. The molecule has 16 heavy (non-hydrogen) atoms. The van der Waals surface area contributed by atoms with Gasteiger partial charge >= 0.3 is 0 Å². The second-order valence-electron chi connectivity index (χ2n) is 3.41. The number of fused-ring (bicyclic) bond motifs is 1. The number of aromatic amines is 1. The first-order valence-electron chi connectivity index (χ1n) is 4.79. The van der Waals surface area contributed by atoms with Crippen LogP contribution in [0.5, 0.6) is 0 Å². The molecule has 0 bridgehead atoms. The van der Waals surface area contributed by atoms with E-state index in [1.54, 1.807) is 18.0 Å². The van der Waals surface area contributed by atoms with E-state index in [-0.39, 0.29) is 0 Å². The van der Waals surface area contributed by atoms with Crippen LogP contribution in [0.4, 0.5) is 5.95 Å². The topological polar surface area (TPSA) is 102 Å². The molecule has 1 saturated heterocycles.